The molecular weight excluding hydrogens is 293 g/mol. The van der Waals surface area contributed by atoms with Gasteiger partial charge in [-0.05, 0) is 61.3 Å². The third-order valence-electron chi connectivity index (χ3n) is 4.20. The average Bonchev–Trinajstić information content (AvgIpc) is 2.54. The smallest absolute Gasteiger partial charge is 0.444 e. The van der Waals surface area contributed by atoms with Crippen LogP contribution in [0, 0.1) is 0 Å². The summed E-state index contributed by atoms with van der Waals surface area (Å²) in [5, 5.41) is 2.89. The number of hydrogen-bond donors (Lipinski definition) is 1. The van der Waals surface area contributed by atoms with Crippen molar-refractivity contribution < 1.29 is 18.8 Å². The molecule has 0 spiro atoms. The Morgan fingerprint density at radius 2 is 1.74 bits per heavy atom. The fraction of sp³-hybridized carbons (Fsp3) is 0.824. The minimum absolute atomic E-state index is 0.0310. The molecule has 0 aromatic rings. The minimum atomic E-state index is -0.485. The fourth-order valence-electron chi connectivity index (χ4n) is 2.12. The maximum Gasteiger partial charge on any atom is 0.486 e. The van der Waals surface area contributed by atoms with Crippen LogP contribution in [0.3, 0.4) is 0 Å². The lowest BCUT2D eigenvalue weighted by Crippen LogP contribution is -2.41. The molecule has 0 aromatic carbocycles. The van der Waals surface area contributed by atoms with E-state index in [0.29, 0.717) is 6.42 Å². The average molecular weight is 325 g/mol. The normalized spacial score (nSPS) is 21.5. The van der Waals surface area contributed by atoms with Crippen LogP contribution in [-0.4, -0.2) is 36.1 Å². The second-order valence-corrected chi connectivity index (χ2v) is 8.04. The van der Waals surface area contributed by atoms with E-state index in [2.05, 4.69) is 5.32 Å². The van der Waals surface area contributed by atoms with Gasteiger partial charge in [0.15, 0.2) is 0 Å². The van der Waals surface area contributed by atoms with Crippen LogP contribution in [0.4, 0.5) is 4.79 Å². The van der Waals surface area contributed by atoms with Crippen molar-refractivity contribution in [2.45, 2.75) is 91.1 Å². The predicted molar refractivity (Wildman–Crippen MR) is 93.3 cm³/mol. The quantitative estimate of drug-likeness (QED) is 0.780. The molecule has 23 heavy (non-hydrogen) atoms. The van der Waals surface area contributed by atoms with E-state index in [4.69, 9.17) is 14.0 Å². The number of ether oxygens (including phenoxy) is 1. The molecule has 0 saturated carbocycles. The first kappa shape index (κ1) is 20.0. The van der Waals surface area contributed by atoms with Gasteiger partial charge in [0.05, 0.1) is 11.2 Å². The first-order valence-electron chi connectivity index (χ1n) is 8.38. The van der Waals surface area contributed by atoms with Crippen molar-refractivity contribution in [3.63, 3.8) is 0 Å². The number of carbonyl (C=O) groups excluding carboxylic acids is 1. The topological polar surface area (TPSA) is 56.8 Å². The van der Waals surface area contributed by atoms with Crippen LogP contribution in [-0.2, 0) is 14.0 Å². The molecule has 1 heterocycles. The number of carbonyl (C=O) groups is 1. The lowest BCUT2D eigenvalue weighted by molar-refractivity contribution is 0.00578. The molecule has 0 bridgehead atoms. The van der Waals surface area contributed by atoms with Crippen molar-refractivity contribution in [3.05, 3.63) is 12.1 Å². The van der Waals surface area contributed by atoms with Crippen molar-refractivity contribution in [2.24, 2.45) is 0 Å². The monoisotopic (exact) mass is 325 g/mol. The maximum absolute atomic E-state index is 11.8. The van der Waals surface area contributed by atoms with E-state index in [1.54, 1.807) is 0 Å². The van der Waals surface area contributed by atoms with Gasteiger partial charge >= 0.3 is 13.2 Å². The summed E-state index contributed by atoms with van der Waals surface area (Å²) in [4.78, 5) is 11.8. The van der Waals surface area contributed by atoms with Crippen LogP contribution in [0.15, 0.2) is 12.1 Å². The molecule has 6 heteroatoms. The molecule has 1 fully saturated rings. The summed E-state index contributed by atoms with van der Waals surface area (Å²) in [6.07, 6.45) is 3.15. The van der Waals surface area contributed by atoms with Gasteiger partial charge in [0, 0.05) is 6.04 Å². The highest BCUT2D eigenvalue weighted by Gasteiger charge is 2.49. The molecular formula is C17H32BNO4. The molecule has 132 valence electrons. The van der Waals surface area contributed by atoms with Crippen molar-refractivity contribution in [1.82, 2.24) is 5.32 Å². The summed E-state index contributed by atoms with van der Waals surface area (Å²) in [5.41, 5.74) is -1.15. The molecule has 1 aliphatic heterocycles. The Bertz CT molecular complexity index is 424. The van der Waals surface area contributed by atoms with Gasteiger partial charge in [0.1, 0.15) is 5.60 Å². The Labute approximate surface area is 141 Å². The number of nitrogens with one attached hydrogen (secondary N) is 1. The second-order valence-electron chi connectivity index (χ2n) is 8.04. The maximum atomic E-state index is 11.8. The molecule has 1 rings (SSSR count). The molecule has 1 atom stereocenters. The van der Waals surface area contributed by atoms with E-state index in [9.17, 15) is 4.79 Å². The largest absolute Gasteiger partial charge is 0.486 e. The van der Waals surface area contributed by atoms with Crippen molar-refractivity contribution in [1.29, 1.82) is 0 Å². The zero-order valence-electron chi connectivity index (χ0n) is 15.9. The van der Waals surface area contributed by atoms with Gasteiger partial charge in [-0.1, -0.05) is 19.0 Å². The molecule has 0 radical (unpaired) electrons. The van der Waals surface area contributed by atoms with E-state index in [1.165, 1.54) is 0 Å². The third kappa shape index (κ3) is 6.19. The highest BCUT2D eigenvalue weighted by Crippen LogP contribution is 2.36. The summed E-state index contributed by atoms with van der Waals surface area (Å²) in [6, 6.07) is 0.0310. The Kier molecular flexibility index (Phi) is 6.33. The van der Waals surface area contributed by atoms with Crippen LogP contribution < -0.4 is 5.32 Å². The Morgan fingerprint density at radius 1 is 1.22 bits per heavy atom. The standard InChI is InChI=1S/C17H32BNO4/c1-9-13(19-14(20)21-15(2,3)4)11-10-12-18-22-16(5,6)17(7,8)23-18/h10,12-13H,9,11H2,1-8H3,(H,19,20)/b12-10+/t13-/m0/s1. The number of amides is 1. The highest BCUT2D eigenvalue weighted by atomic mass is 16.7. The van der Waals surface area contributed by atoms with Gasteiger partial charge in [0.2, 0.25) is 0 Å². The Morgan fingerprint density at radius 3 is 2.17 bits per heavy atom. The first-order valence-corrected chi connectivity index (χ1v) is 8.38. The van der Waals surface area contributed by atoms with Crippen molar-refractivity contribution in [3.8, 4) is 0 Å². The predicted octanol–water partition coefficient (Wildman–Crippen LogP) is 3.87. The summed E-state index contributed by atoms with van der Waals surface area (Å²) < 4.78 is 17.1. The first-order chi connectivity index (χ1) is 10.4. The summed E-state index contributed by atoms with van der Waals surface area (Å²) in [6.45, 7) is 15.7. The zero-order chi connectivity index (χ0) is 17.9. The number of hydrogen-bond acceptors (Lipinski definition) is 4. The molecule has 1 N–H and O–H groups in total. The van der Waals surface area contributed by atoms with Crippen LogP contribution >= 0.6 is 0 Å². The molecule has 1 aliphatic rings. The summed E-state index contributed by atoms with van der Waals surface area (Å²) in [7, 11) is -0.348. The molecule has 0 aromatic heterocycles. The van der Waals surface area contributed by atoms with E-state index in [-0.39, 0.29) is 30.5 Å². The molecule has 5 nitrogen and oxygen atoms in total. The summed E-state index contributed by atoms with van der Waals surface area (Å²) >= 11 is 0. The number of rotatable bonds is 5. The molecule has 1 amide bonds. The van der Waals surface area contributed by atoms with Crippen LogP contribution in [0.25, 0.3) is 0 Å². The van der Waals surface area contributed by atoms with Crippen molar-refractivity contribution in [2.75, 3.05) is 0 Å². The molecule has 0 aliphatic carbocycles. The van der Waals surface area contributed by atoms with Gasteiger partial charge in [-0.3, -0.25) is 0 Å². The van der Waals surface area contributed by atoms with E-state index >= 15 is 0 Å². The van der Waals surface area contributed by atoms with Gasteiger partial charge in [-0.15, -0.1) is 0 Å². The van der Waals surface area contributed by atoms with Gasteiger partial charge < -0.3 is 19.4 Å². The van der Waals surface area contributed by atoms with Crippen LogP contribution in [0.5, 0.6) is 0 Å². The molecule has 0 unspecified atom stereocenters. The molecule has 1 saturated heterocycles. The highest BCUT2D eigenvalue weighted by molar-refractivity contribution is 6.51. The van der Waals surface area contributed by atoms with Gasteiger partial charge in [-0.2, -0.15) is 0 Å². The fourth-order valence-corrected chi connectivity index (χ4v) is 2.12. The SMILES string of the molecule is CC[C@@H](C/C=C/B1OC(C)(C)C(C)(C)O1)NC(=O)OC(C)(C)C. The van der Waals surface area contributed by atoms with Crippen LogP contribution in [0.1, 0.15) is 68.2 Å². The number of alkyl carbamates (subject to hydrolysis) is 1. The minimum Gasteiger partial charge on any atom is -0.444 e. The Balaban J connectivity index is 2.48. The second kappa shape index (κ2) is 7.26. The summed E-state index contributed by atoms with van der Waals surface area (Å²) in [5.74, 6) is 1.91. The zero-order valence-corrected chi connectivity index (χ0v) is 15.9. The van der Waals surface area contributed by atoms with Crippen LogP contribution in [0.2, 0.25) is 0 Å². The van der Waals surface area contributed by atoms with Gasteiger partial charge in [-0.25, -0.2) is 4.79 Å². The van der Waals surface area contributed by atoms with E-state index < -0.39 is 5.60 Å². The van der Waals surface area contributed by atoms with E-state index in [0.717, 1.165) is 6.42 Å². The third-order valence-corrected chi connectivity index (χ3v) is 4.20. The lowest BCUT2D eigenvalue weighted by atomic mass is 9.89. The van der Waals surface area contributed by atoms with Crippen molar-refractivity contribution >= 4 is 13.2 Å². The Hall–Kier alpha value is -1.01. The van der Waals surface area contributed by atoms with Gasteiger partial charge in [0.25, 0.3) is 0 Å². The van der Waals surface area contributed by atoms with E-state index in [1.807, 2.05) is 67.4 Å². The lowest BCUT2D eigenvalue weighted by Gasteiger charge is -2.32.